The molecule has 0 bridgehead atoms. The zero-order valence-corrected chi connectivity index (χ0v) is 8.31. The molecule has 0 radical (unpaired) electrons. The molecule has 0 unspecified atom stereocenters. The first kappa shape index (κ1) is 10.6. The summed E-state index contributed by atoms with van der Waals surface area (Å²) in [6.07, 6.45) is 0.267. The van der Waals surface area contributed by atoms with Crippen molar-refractivity contribution in [1.82, 2.24) is 0 Å². The smallest absolute Gasteiger partial charge is 0.397 e. The molecule has 0 N–H and O–H groups in total. The van der Waals surface area contributed by atoms with Gasteiger partial charge in [-0.3, -0.25) is 19.7 Å². The molecule has 0 amide bonds. The van der Waals surface area contributed by atoms with Gasteiger partial charge in [0, 0.05) is 0 Å². The van der Waals surface area contributed by atoms with Gasteiger partial charge in [0.1, 0.15) is 4.92 Å². The molecular weight excluding hydrogens is 258 g/mol. The molecule has 0 aliphatic rings. The monoisotopic (exact) mass is 261 g/mol. The summed E-state index contributed by atoms with van der Waals surface area (Å²) in [6.45, 7) is 0. The van der Waals surface area contributed by atoms with Crippen molar-refractivity contribution in [2.45, 2.75) is 0 Å². The van der Waals surface area contributed by atoms with Crippen LogP contribution in [0.4, 0.5) is 5.88 Å². The van der Waals surface area contributed by atoms with Crippen LogP contribution in [0.25, 0.3) is 0 Å². The quantitative estimate of drug-likeness (QED) is 0.270. The van der Waals surface area contributed by atoms with Gasteiger partial charge >= 0.3 is 5.88 Å². The Labute approximate surface area is 86.2 Å². The Kier molecular flexibility index (Phi) is 3.13. The maximum Gasteiger partial charge on any atom is 0.434 e. The van der Waals surface area contributed by atoms with E-state index < -0.39 is 16.6 Å². The van der Waals surface area contributed by atoms with Gasteiger partial charge in [0.2, 0.25) is 0 Å². The number of alkyl halides is 1. The molecule has 0 aromatic carbocycles. The zero-order chi connectivity index (χ0) is 10.7. The molecule has 0 aliphatic carbocycles. The highest BCUT2D eigenvalue weighted by Gasteiger charge is 2.22. The summed E-state index contributed by atoms with van der Waals surface area (Å²) in [6, 6.07) is 0.938. The first-order valence-corrected chi connectivity index (χ1v) is 4.55. The number of nitro groups is 1. The number of rotatable bonds is 4. The zero-order valence-electron chi connectivity index (χ0n) is 6.73. The summed E-state index contributed by atoms with van der Waals surface area (Å²) >= 11 is 2.88. The van der Waals surface area contributed by atoms with Crippen molar-refractivity contribution in [2.24, 2.45) is 0 Å². The average molecular weight is 262 g/mol. The molecule has 14 heavy (non-hydrogen) atoms. The maximum absolute atomic E-state index is 11.1. The van der Waals surface area contributed by atoms with Crippen LogP contribution < -0.4 is 0 Å². The second kappa shape index (κ2) is 4.14. The molecule has 0 saturated heterocycles. The summed E-state index contributed by atoms with van der Waals surface area (Å²) in [7, 11) is 0. The van der Waals surface area contributed by atoms with Gasteiger partial charge in [-0.15, -0.1) is 0 Å². The first-order chi connectivity index (χ1) is 6.60. The Morgan fingerprint density at radius 1 is 1.71 bits per heavy atom. The number of aldehydes is 1. The standard InChI is InChI=1S/C7H4BrNO5/c8-2-5(11)4-1-7(9(12)13)14-6(4)3-10/h1,3H,2H2. The van der Waals surface area contributed by atoms with E-state index in [9.17, 15) is 19.7 Å². The predicted octanol–water partition coefficient (Wildman–Crippen LogP) is 1.58. The molecule has 1 aromatic heterocycles. The van der Waals surface area contributed by atoms with Crippen LogP contribution in [-0.2, 0) is 0 Å². The normalized spacial score (nSPS) is 9.79. The lowest BCUT2D eigenvalue weighted by atomic mass is 10.2. The number of carbonyl (C=O) groups excluding carboxylic acids is 2. The minimum atomic E-state index is -0.808. The minimum absolute atomic E-state index is 0.0233. The van der Waals surface area contributed by atoms with Crippen LogP contribution in [0.1, 0.15) is 20.9 Å². The van der Waals surface area contributed by atoms with Crippen molar-refractivity contribution in [3.8, 4) is 0 Å². The van der Waals surface area contributed by atoms with E-state index in [1.807, 2.05) is 0 Å². The van der Waals surface area contributed by atoms with Crippen molar-refractivity contribution in [3.63, 3.8) is 0 Å². The Morgan fingerprint density at radius 2 is 2.36 bits per heavy atom. The molecule has 0 atom stereocenters. The summed E-state index contributed by atoms with van der Waals surface area (Å²) < 4.78 is 4.54. The third-order valence-electron chi connectivity index (χ3n) is 1.46. The summed E-state index contributed by atoms with van der Waals surface area (Å²) in [5.41, 5.74) is -0.0800. The van der Waals surface area contributed by atoms with Gasteiger partial charge in [-0.05, 0) is 0 Å². The van der Waals surface area contributed by atoms with Gasteiger partial charge in [-0.1, -0.05) is 15.9 Å². The molecule has 1 heterocycles. The highest BCUT2D eigenvalue weighted by atomic mass is 79.9. The number of ketones is 1. The van der Waals surface area contributed by atoms with E-state index in [1.165, 1.54) is 0 Å². The highest BCUT2D eigenvalue weighted by molar-refractivity contribution is 9.09. The Bertz CT molecular complexity index is 397. The molecule has 74 valence electrons. The van der Waals surface area contributed by atoms with Crippen molar-refractivity contribution >= 4 is 33.9 Å². The Balaban J connectivity index is 3.21. The van der Waals surface area contributed by atoms with Crippen LogP contribution in [0.3, 0.4) is 0 Å². The number of nitrogens with zero attached hydrogens (tertiary/aromatic N) is 1. The van der Waals surface area contributed by atoms with E-state index in [1.54, 1.807) is 0 Å². The van der Waals surface area contributed by atoms with Gasteiger partial charge in [-0.25, -0.2) is 0 Å². The van der Waals surface area contributed by atoms with Crippen LogP contribution in [0.15, 0.2) is 10.5 Å². The SMILES string of the molecule is O=Cc1oc([N+](=O)[O-])cc1C(=O)CBr. The average Bonchev–Trinajstić information content (AvgIpc) is 2.60. The third kappa shape index (κ3) is 1.87. The molecule has 0 spiro atoms. The van der Waals surface area contributed by atoms with E-state index >= 15 is 0 Å². The van der Waals surface area contributed by atoms with E-state index in [4.69, 9.17) is 0 Å². The van der Waals surface area contributed by atoms with E-state index in [2.05, 4.69) is 20.3 Å². The Morgan fingerprint density at radius 3 is 2.79 bits per heavy atom. The molecule has 1 rings (SSSR count). The van der Waals surface area contributed by atoms with Gasteiger partial charge in [0.25, 0.3) is 0 Å². The topological polar surface area (TPSA) is 90.4 Å². The minimum Gasteiger partial charge on any atom is -0.397 e. The molecule has 0 aliphatic heterocycles. The lowest BCUT2D eigenvalue weighted by Crippen LogP contribution is -2.00. The van der Waals surface area contributed by atoms with Crippen molar-refractivity contribution in [2.75, 3.05) is 5.33 Å². The van der Waals surface area contributed by atoms with Gasteiger partial charge in [0.15, 0.2) is 17.8 Å². The van der Waals surface area contributed by atoms with Crippen molar-refractivity contribution < 1.29 is 18.9 Å². The fourth-order valence-electron chi connectivity index (χ4n) is 0.859. The van der Waals surface area contributed by atoms with Crippen LogP contribution in [-0.4, -0.2) is 22.3 Å². The maximum atomic E-state index is 11.1. The molecule has 0 fully saturated rings. The van der Waals surface area contributed by atoms with Crippen LogP contribution in [0.5, 0.6) is 0 Å². The molecule has 0 saturated carbocycles. The molecule has 7 heteroatoms. The number of hydrogen-bond acceptors (Lipinski definition) is 5. The highest BCUT2D eigenvalue weighted by Crippen LogP contribution is 2.21. The molecule has 6 nitrogen and oxygen atoms in total. The predicted molar refractivity (Wildman–Crippen MR) is 48.9 cm³/mol. The largest absolute Gasteiger partial charge is 0.434 e. The lowest BCUT2D eigenvalue weighted by molar-refractivity contribution is -0.402. The molecule has 1 aromatic rings. The number of hydrogen-bond donors (Lipinski definition) is 0. The second-order valence-corrected chi connectivity index (χ2v) is 2.86. The van der Waals surface area contributed by atoms with Crippen LogP contribution in [0.2, 0.25) is 0 Å². The number of Topliss-reactive ketones (excluding diaryl/α,β-unsaturated/α-hetero) is 1. The summed E-state index contributed by atoms with van der Waals surface area (Å²) in [4.78, 5) is 31.0. The third-order valence-corrected chi connectivity index (χ3v) is 1.97. The fraction of sp³-hybridized carbons (Fsp3) is 0.143. The van der Waals surface area contributed by atoms with E-state index in [-0.39, 0.29) is 22.9 Å². The fourth-order valence-corrected chi connectivity index (χ4v) is 1.16. The van der Waals surface area contributed by atoms with Gasteiger partial charge < -0.3 is 4.42 Å². The summed E-state index contributed by atoms with van der Waals surface area (Å²) in [5, 5.41) is 10.2. The Hall–Kier alpha value is -1.50. The van der Waals surface area contributed by atoms with Crippen LogP contribution >= 0.6 is 15.9 Å². The first-order valence-electron chi connectivity index (χ1n) is 3.42. The summed E-state index contributed by atoms with van der Waals surface area (Å²) in [5.74, 6) is -1.37. The van der Waals surface area contributed by atoms with Crippen LogP contribution in [0, 0.1) is 10.1 Å². The van der Waals surface area contributed by atoms with E-state index in [0.717, 1.165) is 6.07 Å². The second-order valence-electron chi connectivity index (χ2n) is 2.29. The number of furan rings is 1. The number of halogens is 1. The van der Waals surface area contributed by atoms with Crippen molar-refractivity contribution in [1.29, 1.82) is 0 Å². The molecular formula is C7H4BrNO5. The van der Waals surface area contributed by atoms with Gasteiger partial charge in [0.05, 0.1) is 17.0 Å². The lowest BCUT2D eigenvalue weighted by Gasteiger charge is -1.88. The number of carbonyl (C=O) groups is 2. The van der Waals surface area contributed by atoms with E-state index in [0.29, 0.717) is 0 Å². The van der Waals surface area contributed by atoms with Crippen molar-refractivity contribution in [3.05, 3.63) is 27.5 Å². The van der Waals surface area contributed by atoms with Gasteiger partial charge in [-0.2, -0.15) is 0 Å².